The fraction of sp³-hybridized carbons (Fsp3) is 0.381. The van der Waals surface area contributed by atoms with Crippen molar-refractivity contribution in [3.05, 3.63) is 59.2 Å². The molecule has 24 heavy (non-hydrogen) atoms. The number of carbonyl (C=O) groups excluding carboxylic acids is 1. The summed E-state index contributed by atoms with van der Waals surface area (Å²) < 4.78 is 0. The first-order chi connectivity index (χ1) is 11.5. The average molecular weight is 321 g/mol. The van der Waals surface area contributed by atoms with E-state index in [9.17, 15) is 9.90 Å². The second-order valence-electron chi connectivity index (χ2n) is 7.22. The molecule has 2 bridgehead atoms. The van der Waals surface area contributed by atoms with E-state index < -0.39 is 0 Å². The highest BCUT2D eigenvalue weighted by Crippen LogP contribution is 2.48. The summed E-state index contributed by atoms with van der Waals surface area (Å²) in [6.07, 6.45) is 2.71. The molecule has 5 rings (SSSR count). The summed E-state index contributed by atoms with van der Waals surface area (Å²) in [5.74, 6) is 0.717. The number of benzene rings is 2. The first-order valence-electron chi connectivity index (χ1n) is 8.72. The topological polar surface area (TPSA) is 40.5 Å². The van der Waals surface area contributed by atoms with E-state index in [1.165, 1.54) is 16.8 Å². The number of phenolic OH excluding ortho intramolecular Hbond substituents is 1. The van der Waals surface area contributed by atoms with Crippen LogP contribution >= 0.6 is 0 Å². The van der Waals surface area contributed by atoms with Gasteiger partial charge in [-0.2, -0.15) is 0 Å². The molecule has 124 valence electrons. The molecule has 3 aliphatic rings. The van der Waals surface area contributed by atoms with Gasteiger partial charge in [0.15, 0.2) is 0 Å². The van der Waals surface area contributed by atoms with Crippen LogP contribution in [0.15, 0.2) is 42.5 Å². The first-order valence-corrected chi connectivity index (χ1v) is 8.72. The number of Topliss-reactive ketones (excluding diaryl/α,β-unsaturated/α-hetero) is 1. The zero-order chi connectivity index (χ0) is 16.8. The Kier molecular flexibility index (Phi) is 3.60. The summed E-state index contributed by atoms with van der Waals surface area (Å²) in [5, 5.41) is 9.61. The van der Waals surface area contributed by atoms with Crippen LogP contribution in [0.3, 0.4) is 0 Å². The zero-order valence-corrected chi connectivity index (χ0v) is 14.2. The van der Waals surface area contributed by atoms with E-state index in [0.29, 0.717) is 12.2 Å². The largest absolute Gasteiger partial charge is 0.508 e. The van der Waals surface area contributed by atoms with Crippen molar-refractivity contribution in [2.45, 2.75) is 45.2 Å². The zero-order valence-electron chi connectivity index (χ0n) is 14.2. The molecule has 0 radical (unpaired) electrons. The molecule has 0 amide bonds. The average Bonchev–Trinajstić information content (AvgIpc) is 2.58. The second kappa shape index (κ2) is 5.66. The molecule has 3 nitrogen and oxygen atoms in total. The molecule has 2 heterocycles. The SMILES string of the molecule is Cc1ccc(N2C3CCC(C(=O)C3)C2c2ccc(O)cc2)cc1C. The number of rotatable bonds is 2. The number of aromatic hydroxyl groups is 1. The van der Waals surface area contributed by atoms with Crippen LogP contribution in [0.1, 0.15) is 42.0 Å². The van der Waals surface area contributed by atoms with Gasteiger partial charge in [-0.3, -0.25) is 4.79 Å². The minimum absolute atomic E-state index is 0.0566. The molecule has 3 unspecified atom stereocenters. The summed E-state index contributed by atoms with van der Waals surface area (Å²) in [6.45, 7) is 4.27. The van der Waals surface area contributed by atoms with Gasteiger partial charge in [-0.15, -0.1) is 0 Å². The summed E-state index contributed by atoms with van der Waals surface area (Å²) >= 11 is 0. The van der Waals surface area contributed by atoms with Crippen molar-refractivity contribution in [1.29, 1.82) is 0 Å². The molecule has 2 aromatic rings. The lowest BCUT2D eigenvalue weighted by Gasteiger charge is -2.52. The van der Waals surface area contributed by atoms with Crippen LogP contribution in [0.5, 0.6) is 5.75 Å². The van der Waals surface area contributed by atoms with Gasteiger partial charge in [-0.1, -0.05) is 18.2 Å². The van der Waals surface area contributed by atoms with Crippen molar-refractivity contribution in [2.24, 2.45) is 5.92 Å². The third kappa shape index (κ3) is 2.39. The molecule has 0 aromatic heterocycles. The number of phenols is 1. The molecule has 0 spiro atoms. The van der Waals surface area contributed by atoms with Crippen LogP contribution in [0.4, 0.5) is 5.69 Å². The van der Waals surface area contributed by atoms with E-state index in [0.717, 1.165) is 18.4 Å². The molecule has 2 aliphatic heterocycles. The highest BCUT2D eigenvalue weighted by molar-refractivity contribution is 5.86. The number of hydrogen-bond donors (Lipinski definition) is 1. The first kappa shape index (κ1) is 15.3. The van der Waals surface area contributed by atoms with Crippen molar-refractivity contribution in [3.63, 3.8) is 0 Å². The van der Waals surface area contributed by atoms with E-state index in [2.05, 4.69) is 36.9 Å². The Morgan fingerprint density at radius 1 is 1.00 bits per heavy atom. The lowest BCUT2D eigenvalue weighted by Crippen LogP contribution is -2.54. The molecule has 2 saturated heterocycles. The van der Waals surface area contributed by atoms with Crippen LogP contribution in [-0.2, 0) is 4.79 Å². The fourth-order valence-corrected chi connectivity index (χ4v) is 4.33. The number of ketones is 1. The van der Waals surface area contributed by atoms with E-state index in [1.807, 2.05) is 12.1 Å². The van der Waals surface area contributed by atoms with Crippen molar-refractivity contribution < 1.29 is 9.90 Å². The van der Waals surface area contributed by atoms with Gasteiger partial charge in [0.05, 0.1) is 6.04 Å². The van der Waals surface area contributed by atoms with E-state index >= 15 is 0 Å². The maximum atomic E-state index is 12.5. The molecule has 1 saturated carbocycles. The van der Waals surface area contributed by atoms with Gasteiger partial charge in [0.25, 0.3) is 0 Å². The monoisotopic (exact) mass is 321 g/mol. The summed E-state index contributed by atoms with van der Waals surface area (Å²) in [5.41, 5.74) is 4.90. The van der Waals surface area contributed by atoms with Crippen molar-refractivity contribution in [2.75, 3.05) is 4.90 Å². The summed E-state index contributed by atoms with van der Waals surface area (Å²) in [6, 6.07) is 14.3. The van der Waals surface area contributed by atoms with Gasteiger partial charge in [-0.05, 0) is 67.6 Å². The van der Waals surface area contributed by atoms with Crippen LogP contribution in [0.2, 0.25) is 0 Å². The van der Waals surface area contributed by atoms with Crippen LogP contribution in [-0.4, -0.2) is 16.9 Å². The minimum atomic E-state index is 0.0566. The van der Waals surface area contributed by atoms with Gasteiger partial charge in [-0.25, -0.2) is 0 Å². The normalized spacial score (nSPS) is 26.0. The highest BCUT2D eigenvalue weighted by atomic mass is 16.3. The quantitative estimate of drug-likeness (QED) is 0.896. The molecule has 3 fully saturated rings. The summed E-state index contributed by atoms with van der Waals surface area (Å²) in [4.78, 5) is 15.0. The van der Waals surface area contributed by atoms with Crippen LogP contribution in [0, 0.1) is 19.8 Å². The van der Waals surface area contributed by atoms with Crippen LogP contribution in [0.25, 0.3) is 0 Å². The number of anilines is 1. The Bertz CT molecular complexity index is 781. The maximum absolute atomic E-state index is 12.5. The summed E-state index contributed by atoms with van der Waals surface area (Å²) in [7, 11) is 0. The van der Waals surface area contributed by atoms with E-state index in [1.54, 1.807) is 12.1 Å². The fourth-order valence-electron chi connectivity index (χ4n) is 4.33. The Balaban J connectivity index is 1.81. The smallest absolute Gasteiger partial charge is 0.140 e. The third-order valence-electron chi connectivity index (χ3n) is 5.76. The van der Waals surface area contributed by atoms with Gasteiger partial charge in [0.2, 0.25) is 0 Å². The Labute approximate surface area is 142 Å². The van der Waals surface area contributed by atoms with Crippen molar-refractivity contribution in [3.8, 4) is 5.75 Å². The van der Waals surface area contributed by atoms with Gasteiger partial charge >= 0.3 is 0 Å². The number of carbonyl (C=O) groups is 1. The predicted octanol–water partition coefficient (Wildman–Crippen LogP) is 4.31. The number of piperidine rings is 2. The third-order valence-corrected chi connectivity index (χ3v) is 5.76. The molecule has 3 atom stereocenters. The standard InChI is InChI=1S/C21H23NO2/c1-13-3-6-16(11-14(13)2)22-17-7-10-19(20(24)12-17)21(22)15-4-8-18(23)9-5-15/h3-6,8-9,11,17,19,21,23H,7,10,12H2,1-2H3. The van der Waals surface area contributed by atoms with Crippen molar-refractivity contribution in [1.82, 2.24) is 0 Å². The highest BCUT2D eigenvalue weighted by Gasteiger charge is 2.47. The molecule has 1 N–H and O–H groups in total. The number of fused-ring (bicyclic) bond motifs is 3. The van der Waals surface area contributed by atoms with Gasteiger partial charge in [0, 0.05) is 24.1 Å². The second-order valence-corrected chi connectivity index (χ2v) is 7.22. The number of hydrogen-bond acceptors (Lipinski definition) is 3. The number of aryl methyl sites for hydroxylation is 2. The Morgan fingerprint density at radius 3 is 2.42 bits per heavy atom. The lowest BCUT2D eigenvalue weighted by molar-refractivity contribution is -0.128. The predicted molar refractivity (Wildman–Crippen MR) is 95.4 cm³/mol. The van der Waals surface area contributed by atoms with Gasteiger partial charge in [0.1, 0.15) is 11.5 Å². The maximum Gasteiger partial charge on any atom is 0.140 e. The molecule has 3 heteroatoms. The lowest BCUT2D eigenvalue weighted by atomic mass is 9.71. The van der Waals surface area contributed by atoms with E-state index in [-0.39, 0.29) is 23.8 Å². The Morgan fingerprint density at radius 2 is 1.75 bits per heavy atom. The molecule has 2 aromatic carbocycles. The molecule has 1 aliphatic carbocycles. The van der Waals surface area contributed by atoms with Gasteiger partial charge < -0.3 is 10.0 Å². The molecular weight excluding hydrogens is 298 g/mol. The van der Waals surface area contributed by atoms with Crippen LogP contribution < -0.4 is 4.90 Å². The van der Waals surface area contributed by atoms with E-state index in [4.69, 9.17) is 0 Å². The van der Waals surface area contributed by atoms with Crippen molar-refractivity contribution >= 4 is 11.5 Å². The molecular formula is C21H23NO2. The Hall–Kier alpha value is -2.29. The minimum Gasteiger partial charge on any atom is -0.508 e. The number of nitrogens with zero attached hydrogens (tertiary/aromatic N) is 1.